The number of fused-ring (bicyclic) bond motifs is 2. The third-order valence-electron chi connectivity index (χ3n) is 3.78. The Morgan fingerprint density at radius 1 is 0.889 bits per heavy atom. The molecule has 9 heavy (non-hydrogen) atoms. The fourth-order valence-corrected chi connectivity index (χ4v) is 3.09. The van der Waals surface area contributed by atoms with Crippen molar-refractivity contribution < 1.29 is 0 Å². The van der Waals surface area contributed by atoms with Crippen molar-refractivity contribution in [3.8, 4) is 0 Å². The Bertz CT molecular complexity index is 95.2. The summed E-state index contributed by atoms with van der Waals surface area (Å²) in [6, 6.07) is 0. The molecule has 3 saturated carbocycles. The van der Waals surface area contributed by atoms with Gasteiger partial charge in [-0.05, 0) is 36.5 Å². The van der Waals surface area contributed by atoms with Crippen molar-refractivity contribution in [1.29, 1.82) is 0 Å². The molecule has 0 spiro atoms. The molecule has 0 aromatic rings. The van der Waals surface area contributed by atoms with Crippen molar-refractivity contribution in [3.63, 3.8) is 0 Å². The molecule has 3 rings (SSSR count). The second kappa shape index (κ2) is 1.74. The molecule has 0 heteroatoms. The van der Waals surface area contributed by atoms with Gasteiger partial charge < -0.3 is 0 Å². The summed E-state index contributed by atoms with van der Waals surface area (Å²) in [5.74, 6) is 4.38. The van der Waals surface area contributed by atoms with Gasteiger partial charge in [-0.1, -0.05) is 20.3 Å². The Morgan fingerprint density at radius 2 is 1.33 bits per heavy atom. The predicted octanol–water partition coefficient (Wildman–Crippen LogP) is 2.69. The van der Waals surface area contributed by atoms with E-state index in [1.54, 1.807) is 0 Å². The molecule has 0 heterocycles. The fraction of sp³-hybridized carbons (Fsp3) is 1.00. The third-order valence-corrected chi connectivity index (χ3v) is 3.78. The van der Waals surface area contributed by atoms with E-state index >= 15 is 0 Å². The summed E-state index contributed by atoms with van der Waals surface area (Å²) in [6.07, 6.45) is 4.57. The zero-order chi connectivity index (χ0) is 6.43. The zero-order valence-electron chi connectivity index (χ0n) is 6.43. The molecule has 3 fully saturated rings. The van der Waals surface area contributed by atoms with Crippen LogP contribution in [-0.2, 0) is 0 Å². The van der Waals surface area contributed by atoms with Crippen molar-refractivity contribution in [3.05, 3.63) is 0 Å². The SMILES string of the molecule is CC1C2CCCC1C2C. The van der Waals surface area contributed by atoms with Gasteiger partial charge in [0.2, 0.25) is 0 Å². The van der Waals surface area contributed by atoms with Crippen LogP contribution in [0.2, 0.25) is 0 Å². The molecule has 2 bridgehead atoms. The smallest absolute Gasteiger partial charge is 0.0357 e. The average molecular weight is 124 g/mol. The summed E-state index contributed by atoms with van der Waals surface area (Å²) in [6.45, 7) is 4.88. The molecule has 0 atom stereocenters. The summed E-state index contributed by atoms with van der Waals surface area (Å²) < 4.78 is 0. The van der Waals surface area contributed by atoms with Gasteiger partial charge in [0.05, 0.1) is 0 Å². The summed E-state index contributed by atoms with van der Waals surface area (Å²) in [7, 11) is 0. The van der Waals surface area contributed by atoms with E-state index in [-0.39, 0.29) is 0 Å². The first-order valence-corrected chi connectivity index (χ1v) is 4.30. The Balaban J connectivity index is 2.08. The molecule has 0 amide bonds. The predicted molar refractivity (Wildman–Crippen MR) is 39.2 cm³/mol. The maximum atomic E-state index is 2.44. The highest BCUT2D eigenvalue weighted by Gasteiger charge is 2.46. The lowest BCUT2D eigenvalue weighted by Crippen LogP contribution is -2.46. The first-order valence-electron chi connectivity index (χ1n) is 4.30. The maximum absolute atomic E-state index is 2.44. The van der Waals surface area contributed by atoms with Crippen LogP contribution in [0, 0.1) is 23.7 Å². The van der Waals surface area contributed by atoms with E-state index < -0.39 is 0 Å². The third kappa shape index (κ3) is 0.595. The van der Waals surface area contributed by atoms with Gasteiger partial charge in [0, 0.05) is 0 Å². The first-order chi connectivity index (χ1) is 4.30. The van der Waals surface area contributed by atoms with Crippen molar-refractivity contribution in [1.82, 2.24) is 0 Å². The lowest BCUT2D eigenvalue weighted by molar-refractivity contribution is -0.0464. The highest BCUT2D eigenvalue weighted by Crippen LogP contribution is 2.54. The molecule has 0 N–H and O–H groups in total. The minimum atomic E-state index is 1.08. The fourth-order valence-electron chi connectivity index (χ4n) is 3.09. The normalized spacial score (nSPS) is 56.7. The van der Waals surface area contributed by atoms with E-state index in [9.17, 15) is 0 Å². The van der Waals surface area contributed by atoms with E-state index in [0.717, 1.165) is 23.7 Å². The van der Waals surface area contributed by atoms with Crippen LogP contribution in [0.1, 0.15) is 33.1 Å². The van der Waals surface area contributed by atoms with Gasteiger partial charge >= 0.3 is 0 Å². The Hall–Kier alpha value is 0. The molecule has 0 nitrogen and oxygen atoms in total. The van der Waals surface area contributed by atoms with Gasteiger partial charge in [-0.2, -0.15) is 0 Å². The Morgan fingerprint density at radius 3 is 1.56 bits per heavy atom. The van der Waals surface area contributed by atoms with Gasteiger partial charge in [0.25, 0.3) is 0 Å². The van der Waals surface area contributed by atoms with Gasteiger partial charge in [-0.3, -0.25) is 0 Å². The van der Waals surface area contributed by atoms with Crippen molar-refractivity contribution >= 4 is 0 Å². The van der Waals surface area contributed by atoms with Crippen LogP contribution >= 0.6 is 0 Å². The van der Waals surface area contributed by atoms with Gasteiger partial charge in [0.15, 0.2) is 0 Å². The van der Waals surface area contributed by atoms with Crippen LogP contribution in [0.3, 0.4) is 0 Å². The first kappa shape index (κ1) is 5.76. The van der Waals surface area contributed by atoms with Crippen LogP contribution < -0.4 is 0 Å². The summed E-state index contributed by atoms with van der Waals surface area (Å²) in [5, 5.41) is 0. The molecule has 0 aromatic carbocycles. The number of rotatable bonds is 0. The summed E-state index contributed by atoms with van der Waals surface area (Å²) >= 11 is 0. The van der Waals surface area contributed by atoms with Crippen molar-refractivity contribution in [2.75, 3.05) is 0 Å². The highest BCUT2D eigenvalue weighted by molar-refractivity contribution is 4.95. The van der Waals surface area contributed by atoms with Gasteiger partial charge in [-0.15, -0.1) is 0 Å². The molecule has 3 aliphatic rings. The Kier molecular flexibility index (Phi) is 1.12. The van der Waals surface area contributed by atoms with Crippen LogP contribution in [0.5, 0.6) is 0 Å². The average Bonchev–Trinajstić information content (AvgIpc) is 1.91. The van der Waals surface area contributed by atoms with E-state index in [1.165, 1.54) is 19.3 Å². The zero-order valence-corrected chi connectivity index (χ0v) is 6.43. The molecule has 52 valence electrons. The van der Waals surface area contributed by atoms with Crippen LogP contribution in [0.15, 0.2) is 0 Å². The number of hydrogen-bond donors (Lipinski definition) is 0. The van der Waals surface area contributed by atoms with E-state index in [4.69, 9.17) is 0 Å². The van der Waals surface area contributed by atoms with E-state index in [1.807, 2.05) is 0 Å². The largest absolute Gasteiger partial charge is 0.0620 e. The number of hydrogen-bond acceptors (Lipinski definition) is 0. The van der Waals surface area contributed by atoms with Crippen LogP contribution in [-0.4, -0.2) is 0 Å². The molecular weight excluding hydrogens is 108 g/mol. The second-order valence-electron chi connectivity index (χ2n) is 3.98. The minimum Gasteiger partial charge on any atom is -0.0620 e. The highest BCUT2D eigenvalue weighted by atomic mass is 14.5. The van der Waals surface area contributed by atoms with Crippen LogP contribution in [0.4, 0.5) is 0 Å². The van der Waals surface area contributed by atoms with Crippen molar-refractivity contribution in [2.24, 2.45) is 23.7 Å². The van der Waals surface area contributed by atoms with Gasteiger partial charge in [0.1, 0.15) is 0 Å². The van der Waals surface area contributed by atoms with Crippen LogP contribution in [0.25, 0.3) is 0 Å². The lowest BCUT2D eigenvalue weighted by atomic mass is 9.52. The van der Waals surface area contributed by atoms with E-state index in [2.05, 4.69) is 13.8 Å². The molecule has 0 unspecified atom stereocenters. The molecule has 0 aromatic heterocycles. The molecule has 0 aliphatic heterocycles. The quantitative estimate of drug-likeness (QED) is 0.465. The maximum Gasteiger partial charge on any atom is -0.0357 e. The monoisotopic (exact) mass is 124 g/mol. The molecular formula is C9H16. The molecule has 0 radical (unpaired) electrons. The molecule has 0 saturated heterocycles. The van der Waals surface area contributed by atoms with E-state index in [0.29, 0.717) is 0 Å². The summed E-state index contributed by atoms with van der Waals surface area (Å²) in [4.78, 5) is 0. The summed E-state index contributed by atoms with van der Waals surface area (Å²) in [5.41, 5.74) is 0. The minimum absolute atomic E-state index is 1.08. The second-order valence-corrected chi connectivity index (χ2v) is 3.98. The molecule has 3 aliphatic carbocycles. The van der Waals surface area contributed by atoms with Crippen molar-refractivity contribution in [2.45, 2.75) is 33.1 Å². The Labute approximate surface area is 57.6 Å². The topological polar surface area (TPSA) is 0 Å². The van der Waals surface area contributed by atoms with Gasteiger partial charge in [-0.25, -0.2) is 0 Å². The lowest BCUT2D eigenvalue weighted by Gasteiger charge is -2.54. The standard InChI is InChI=1S/C9H16/c1-6-8-4-3-5-9(6)7(8)2/h6-9H,3-5H2,1-2H3.